The number of hydrogen-bond acceptors (Lipinski definition) is 4. The Balaban J connectivity index is 1.98. The van der Waals surface area contributed by atoms with Crippen molar-refractivity contribution in [1.82, 2.24) is 4.90 Å². The first-order valence-electron chi connectivity index (χ1n) is 6.91. The van der Waals surface area contributed by atoms with E-state index in [-0.39, 0.29) is 18.1 Å². The standard InChI is InChI=1S/C15H16N2O5/c18-14(16-9-1-2-12(10-16)15(19)20)8-5-11-3-6-13(7-4-11)17(21)22/h3-8,12H,1-2,9-10H2,(H,19,20)/b8-5+/t12-/m0/s1. The molecule has 0 aromatic heterocycles. The van der Waals surface area contributed by atoms with E-state index in [0.29, 0.717) is 24.9 Å². The molecule has 1 aliphatic rings. The number of amides is 1. The quantitative estimate of drug-likeness (QED) is 0.520. The zero-order chi connectivity index (χ0) is 16.1. The summed E-state index contributed by atoms with van der Waals surface area (Å²) in [5, 5.41) is 19.6. The Kier molecular flexibility index (Phi) is 4.88. The molecule has 0 saturated carbocycles. The molecular formula is C15H16N2O5. The molecule has 0 spiro atoms. The van der Waals surface area contributed by atoms with Gasteiger partial charge in [-0.3, -0.25) is 19.7 Å². The molecular weight excluding hydrogens is 288 g/mol. The summed E-state index contributed by atoms with van der Waals surface area (Å²) in [6, 6.07) is 5.84. The van der Waals surface area contributed by atoms with E-state index < -0.39 is 16.8 Å². The van der Waals surface area contributed by atoms with Gasteiger partial charge in [0, 0.05) is 31.3 Å². The number of non-ortho nitro benzene ring substituents is 1. The molecule has 1 atom stereocenters. The summed E-state index contributed by atoms with van der Waals surface area (Å²) in [4.78, 5) is 34.6. The Bertz CT molecular complexity index is 609. The smallest absolute Gasteiger partial charge is 0.308 e. The van der Waals surface area contributed by atoms with Gasteiger partial charge in [0.25, 0.3) is 5.69 Å². The molecule has 1 saturated heterocycles. The first kappa shape index (κ1) is 15.7. The molecule has 1 aromatic rings. The Hall–Kier alpha value is -2.70. The topological polar surface area (TPSA) is 101 Å². The van der Waals surface area contributed by atoms with Crippen molar-refractivity contribution in [2.75, 3.05) is 13.1 Å². The Morgan fingerprint density at radius 2 is 2.00 bits per heavy atom. The van der Waals surface area contributed by atoms with Gasteiger partial charge in [-0.15, -0.1) is 0 Å². The van der Waals surface area contributed by atoms with Crippen LogP contribution in [-0.4, -0.2) is 39.9 Å². The van der Waals surface area contributed by atoms with E-state index in [2.05, 4.69) is 0 Å². The molecule has 1 N–H and O–H groups in total. The van der Waals surface area contributed by atoms with Gasteiger partial charge in [0.2, 0.25) is 5.91 Å². The van der Waals surface area contributed by atoms with Crippen molar-refractivity contribution in [2.24, 2.45) is 5.92 Å². The highest BCUT2D eigenvalue weighted by Crippen LogP contribution is 2.17. The minimum atomic E-state index is -0.878. The van der Waals surface area contributed by atoms with Crippen molar-refractivity contribution in [3.05, 3.63) is 46.0 Å². The predicted octanol–water partition coefficient (Wildman–Crippen LogP) is 1.93. The lowest BCUT2D eigenvalue weighted by atomic mass is 9.98. The van der Waals surface area contributed by atoms with Crippen molar-refractivity contribution in [3.63, 3.8) is 0 Å². The zero-order valence-corrected chi connectivity index (χ0v) is 11.8. The number of piperidine rings is 1. The number of rotatable bonds is 4. The maximum absolute atomic E-state index is 12.1. The third-order valence-corrected chi connectivity index (χ3v) is 3.60. The first-order chi connectivity index (χ1) is 10.5. The second-order valence-corrected chi connectivity index (χ2v) is 5.14. The summed E-state index contributed by atoms with van der Waals surface area (Å²) >= 11 is 0. The number of aliphatic carboxylic acids is 1. The van der Waals surface area contributed by atoms with E-state index in [1.54, 1.807) is 18.2 Å². The van der Waals surface area contributed by atoms with Crippen LogP contribution in [0.4, 0.5) is 5.69 Å². The highest BCUT2D eigenvalue weighted by atomic mass is 16.6. The van der Waals surface area contributed by atoms with E-state index >= 15 is 0 Å². The Morgan fingerprint density at radius 3 is 2.59 bits per heavy atom. The molecule has 0 unspecified atom stereocenters. The maximum atomic E-state index is 12.1. The summed E-state index contributed by atoms with van der Waals surface area (Å²) in [5.41, 5.74) is 0.662. The van der Waals surface area contributed by atoms with Crippen LogP contribution in [0.25, 0.3) is 6.08 Å². The Labute approximate surface area is 127 Å². The van der Waals surface area contributed by atoms with Crippen molar-refractivity contribution in [1.29, 1.82) is 0 Å². The number of nitrogens with zero attached hydrogens (tertiary/aromatic N) is 2. The molecule has 1 aliphatic heterocycles. The van der Waals surface area contributed by atoms with Crippen LogP contribution in [0, 0.1) is 16.0 Å². The number of nitro groups is 1. The molecule has 1 fully saturated rings. The molecule has 7 heteroatoms. The van der Waals surface area contributed by atoms with Gasteiger partial charge in [0.15, 0.2) is 0 Å². The van der Waals surface area contributed by atoms with Gasteiger partial charge in [-0.25, -0.2) is 0 Å². The minimum absolute atomic E-state index is 0.0104. The molecule has 1 aromatic carbocycles. The number of benzene rings is 1. The van der Waals surface area contributed by atoms with E-state index in [1.165, 1.54) is 23.1 Å². The predicted molar refractivity (Wildman–Crippen MR) is 79.1 cm³/mol. The Morgan fingerprint density at radius 1 is 1.32 bits per heavy atom. The molecule has 0 radical (unpaired) electrons. The molecule has 22 heavy (non-hydrogen) atoms. The third-order valence-electron chi connectivity index (χ3n) is 3.60. The van der Waals surface area contributed by atoms with Crippen LogP contribution in [0.5, 0.6) is 0 Å². The van der Waals surface area contributed by atoms with Gasteiger partial charge in [-0.2, -0.15) is 0 Å². The lowest BCUT2D eigenvalue weighted by molar-refractivity contribution is -0.384. The average Bonchev–Trinajstić information content (AvgIpc) is 2.53. The molecule has 1 amide bonds. The fourth-order valence-electron chi connectivity index (χ4n) is 2.36. The fourth-order valence-corrected chi connectivity index (χ4v) is 2.36. The van der Waals surface area contributed by atoms with Crippen LogP contribution < -0.4 is 0 Å². The fraction of sp³-hybridized carbons (Fsp3) is 0.333. The maximum Gasteiger partial charge on any atom is 0.308 e. The molecule has 116 valence electrons. The highest BCUT2D eigenvalue weighted by Gasteiger charge is 2.27. The lowest BCUT2D eigenvalue weighted by Gasteiger charge is -2.29. The van der Waals surface area contributed by atoms with Crippen LogP contribution in [0.1, 0.15) is 18.4 Å². The summed E-state index contributed by atoms with van der Waals surface area (Å²) in [6.07, 6.45) is 4.20. The van der Waals surface area contributed by atoms with Crippen LogP contribution in [0.3, 0.4) is 0 Å². The van der Waals surface area contributed by atoms with E-state index in [1.807, 2.05) is 0 Å². The second kappa shape index (κ2) is 6.84. The van der Waals surface area contributed by atoms with Gasteiger partial charge in [-0.05, 0) is 36.6 Å². The minimum Gasteiger partial charge on any atom is -0.481 e. The number of nitro benzene ring substituents is 1. The molecule has 1 heterocycles. The number of carboxylic acids is 1. The monoisotopic (exact) mass is 304 g/mol. The average molecular weight is 304 g/mol. The summed E-state index contributed by atoms with van der Waals surface area (Å²) < 4.78 is 0. The van der Waals surface area contributed by atoms with Gasteiger partial charge < -0.3 is 10.0 Å². The SMILES string of the molecule is O=C(O)[C@H]1CCCN(C(=O)/C=C/c2ccc([N+](=O)[O-])cc2)C1. The van der Waals surface area contributed by atoms with Crippen molar-refractivity contribution in [2.45, 2.75) is 12.8 Å². The summed E-state index contributed by atoms with van der Waals surface area (Å²) in [7, 11) is 0. The second-order valence-electron chi connectivity index (χ2n) is 5.14. The molecule has 2 rings (SSSR count). The largest absolute Gasteiger partial charge is 0.481 e. The number of hydrogen-bond donors (Lipinski definition) is 1. The van der Waals surface area contributed by atoms with E-state index in [4.69, 9.17) is 5.11 Å². The molecule has 7 nitrogen and oxygen atoms in total. The first-order valence-corrected chi connectivity index (χ1v) is 6.91. The van der Waals surface area contributed by atoms with Crippen molar-refractivity contribution >= 4 is 23.6 Å². The third kappa shape index (κ3) is 3.91. The number of carboxylic acid groups (broad SMARTS) is 1. The van der Waals surface area contributed by atoms with Crippen LogP contribution in [0.15, 0.2) is 30.3 Å². The molecule has 0 aliphatic carbocycles. The summed E-state index contributed by atoms with van der Waals surface area (Å²) in [6.45, 7) is 0.770. The van der Waals surface area contributed by atoms with Gasteiger partial charge in [0.05, 0.1) is 10.8 Å². The number of carbonyl (C=O) groups excluding carboxylic acids is 1. The zero-order valence-electron chi connectivity index (χ0n) is 11.8. The van der Waals surface area contributed by atoms with E-state index in [0.717, 1.165) is 0 Å². The van der Waals surface area contributed by atoms with Crippen LogP contribution >= 0.6 is 0 Å². The van der Waals surface area contributed by atoms with Crippen LogP contribution in [0.2, 0.25) is 0 Å². The van der Waals surface area contributed by atoms with Gasteiger partial charge in [0.1, 0.15) is 0 Å². The lowest BCUT2D eigenvalue weighted by Crippen LogP contribution is -2.41. The van der Waals surface area contributed by atoms with Gasteiger partial charge >= 0.3 is 5.97 Å². The van der Waals surface area contributed by atoms with Crippen molar-refractivity contribution < 1.29 is 19.6 Å². The molecule has 0 bridgehead atoms. The number of likely N-dealkylation sites (tertiary alicyclic amines) is 1. The highest BCUT2D eigenvalue weighted by molar-refractivity contribution is 5.92. The van der Waals surface area contributed by atoms with Crippen LogP contribution in [-0.2, 0) is 9.59 Å². The van der Waals surface area contributed by atoms with E-state index in [9.17, 15) is 19.7 Å². The normalized spacial score (nSPS) is 18.4. The number of carbonyl (C=O) groups is 2. The summed E-state index contributed by atoms with van der Waals surface area (Å²) in [5.74, 6) is -1.63. The van der Waals surface area contributed by atoms with Crippen molar-refractivity contribution in [3.8, 4) is 0 Å². The van der Waals surface area contributed by atoms with Gasteiger partial charge in [-0.1, -0.05) is 0 Å².